The topological polar surface area (TPSA) is 0 Å². The lowest BCUT2D eigenvalue weighted by Gasteiger charge is -2.12. The van der Waals surface area contributed by atoms with Gasteiger partial charge in [-0.2, -0.15) is 0 Å². The molecule has 0 saturated heterocycles. The Bertz CT molecular complexity index is 302. The second-order valence-corrected chi connectivity index (χ2v) is 3.53. The molecule has 0 spiro atoms. The number of halogens is 3. The fourth-order valence-electron chi connectivity index (χ4n) is 1.11. The molecule has 0 aliphatic heterocycles. The first kappa shape index (κ1) is 10.5. The lowest BCUT2D eigenvalue weighted by atomic mass is 10.1. The van der Waals surface area contributed by atoms with Crippen molar-refractivity contribution in [2.45, 2.75) is 26.2 Å². The largest absolute Gasteiger partial charge is 0.270 e. The molecule has 72 valence electrons. The third kappa shape index (κ3) is 2.66. The average molecular weight is 205 g/mol. The summed E-state index contributed by atoms with van der Waals surface area (Å²) in [5, 5.41) is 0.371. The van der Waals surface area contributed by atoms with Gasteiger partial charge >= 0.3 is 0 Å². The standard InChI is InChI=1S/C10H11ClF2/c1-3-7-4-8(10(2,12)13)6-9(11)5-7/h4-6H,3H2,1-2H3. The molecule has 1 aromatic carbocycles. The Labute approximate surface area is 81.5 Å². The molecule has 0 radical (unpaired) electrons. The maximum atomic E-state index is 12.9. The van der Waals surface area contributed by atoms with Gasteiger partial charge in [-0.25, -0.2) is 8.78 Å². The van der Waals surface area contributed by atoms with Gasteiger partial charge in [-0.3, -0.25) is 0 Å². The van der Waals surface area contributed by atoms with Crippen LogP contribution < -0.4 is 0 Å². The van der Waals surface area contributed by atoms with E-state index in [4.69, 9.17) is 11.6 Å². The molecule has 1 aromatic rings. The van der Waals surface area contributed by atoms with Crippen LogP contribution in [0.5, 0.6) is 0 Å². The van der Waals surface area contributed by atoms with Gasteiger partial charge in [-0.05, 0) is 30.2 Å². The van der Waals surface area contributed by atoms with Crippen molar-refractivity contribution in [1.82, 2.24) is 0 Å². The van der Waals surface area contributed by atoms with E-state index in [0.29, 0.717) is 11.4 Å². The molecule has 0 saturated carbocycles. The third-order valence-electron chi connectivity index (χ3n) is 1.87. The highest BCUT2D eigenvalue weighted by molar-refractivity contribution is 6.30. The van der Waals surface area contributed by atoms with Crippen molar-refractivity contribution in [2.75, 3.05) is 0 Å². The van der Waals surface area contributed by atoms with E-state index in [-0.39, 0.29) is 5.56 Å². The number of hydrogen-bond donors (Lipinski definition) is 0. The van der Waals surface area contributed by atoms with Crippen molar-refractivity contribution in [3.63, 3.8) is 0 Å². The monoisotopic (exact) mass is 204 g/mol. The van der Waals surface area contributed by atoms with Gasteiger partial charge < -0.3 is 0 Å². The molecule has 0 aliphatic carbocycles. The normalized spacial score (nSPS) is 11.8. The number of alkyl halides is 2. The molecule has 0 unspecified atom stereocenters. The Morgan fingerprint density at radius 1 is 1.31 bits per heavy atom. The van der Waals surface area contributed by atoms with E-state index in [9.17, 15) is 8.78 Å². The quantitative estimate of drug-likeness (QED) is 0.683. The molecule has 3 heteroatoms. The highest BCUT2D eigenvalue weighted by Crippen LogP contribution is 2.29. The molecular weight excluding hydrogens is 194 g/mol. The minimum absolute atomic E-state index is 0.0168. The lowest BCUT2D eigenvalue weighted by molar-refractivity contribution is 0.0174. The van der Waals surface area contributed by atoms with Crippen molar-refractivity contribution < 1.29 is 8.78 Å². The minimum atomic E-state index is -2.81. The molecule has 0 atom stereocenters. The van der Waals surface area contributed by atoms with Crippen LogP contribution in [0.4, 0.5) is 8.78 Å². The van der Waals surface area contributed by atoms with Gasteiger partial charge in [0.05, 0.1) is 0 Å². The summed E-state index contributed by atoms with van der Waals surface area (Å²) in [7, 11) is 0. The molecule has 0 fully saturated rings. The number of rotatable bonds is 2. The molecule has 0 heterocycles. The van der Waals surface area contributed by atoms with E-state index >= 15 is 0 Å². The van der Waals surface area contributed by atoms with Gasteiger partial charge in [0.1, 0.15) is 0 Å². The smallest absolute Gasteiger partial charge is 0.202 e. The zero-order valence-corrected chi connectivity index (χ0v) is 8.33. The van der Waals surface area contributed by atoms with Crippen LogP contribution in [-0.2, 0) is 12.3 Å². The summed E-state index contributed by atoms with van der Waals surface area (Å²) in [5.41, 5.74) is 0.820. The number of benzene rings is 1. The molecule has 1 rings (SSSR count). The van der Waals surface area contributed by atoms with Crippen LogP contribution in [0.2, 0.25) is 5.02 Å². The van der Waals surface area contributed by atoms with Crippen LogP contribution >= 0.6 is 11.6 Å². The van der Waals surface area contributed by atoms with Gasteiger partial charge in [-0.1, -0.05) is 18.5 Å². The zero-order chi connectivity index (χ0) is 10.1. The Morgan fingerprint density at radius 2 is 1.92 bits per heavy atom. The van der Waals surface area contributed by atoms with Crippen LogP contribution in [0.25, 0.3) is 0 Å². The van der Waals surface area contributed by atoms with Gasteiger partial charge in [-0.15, -0.1) is 0 Å². The summed E-state index contributed by atoms with van der Waals surface area (Å²) in [4.78, 5) is 0. The van der Waals surface area contributed by atoms with E-state index < -0.39 is 5.92 Å². The van der Waals surface area contributed by atoms with E-state index in [1.165, 1.54) is 12.1 Å². The van der Waals surface area contributed by atoms with Crippen molar-refractivity contribution in [2.24, 2.45) is 0 Å². The highest BCUT2D eigenvalue weighted by atomic mass is 35.5. The third-order valence-corrected chi connectivity index (χ3v) is 2.09. The SMILES string of the molecule is CCc1cc(Cl)cc(C(C)(F)F)c1. The Hall–Kier alpha value is -0.630. The van der Waals surface area contributed by atoms with Crippen LogP contribution in [-0.4, -0.2) is 0 Å². The van der Waals surface area contributed by atoms with Crippen LogP contribution in [0.1, 0.15) is 25.0 Å². The maximum absolute atomic E-state index is 12.9. The van der Waals surface area contributed by atoms with Gasteiger partial charge in [0.2, 0.25) is 0 Å². The van der Waals surface area contributed by atoms with Crippen molar-refractivity contribution in [3.05, 3.63) is 34.3 Å². The predicted molar refractivity (Wildman–Crippen MR) is 50.4 cm³/mol. The van der Waals surface area contributed by atoms with E-state index in [1.807, 2.05) is 6.92 Å². The van der Waals surface area contributed by atoms with Crippen LogP contribution in [0.3, 0.4) is 0 Å². The van der Waals surface area contributed by atoms with Crippen molar-refractivity contribution in [3.8, 4) is 0 Å². The summed E-state index contributed by atoms with van der Waals surface area (Å²) in [6.07, 6.45) is 0.712. The Balaban J connectivity index is 3.16. The number of hydrogen-bond acceptors (Lipinski definition) is 0. The molecule has 0 nitrogen and oxygen atoms in total. The highest BCUT2D eigenvalue weighted by Gasteiger charge is 2.24. The first-order chi connectivity index (χ1) is 5.93. The molecule has 0 amide bonds. The molecule has 0 bridgehead atoms. The Kier molecular flexibility index (Phi) is 2.91. The van der Waals surface area contributed by atoms with Gasteiger partial charge in [0.25, 0.3) is 5.92 Å². The summed E-state index contributed by atoms with van der Waals surface area (Å²) in [6.45, 7) is 2.78. The molecule has 13 heavy (non-hydrogen) atoms. The predicted octanol–water partition coefficient (Wildman–Crippen LogP) is 4.01. The molecule has 0 N–H and O–H groups in total. The fraction of sp³-hybridized carbons (Fsp3) is 0.400. The lowest BCUT2D eigenvalue weighted by Crippen LogP contribution is -2.07. The summed E-state index contributed by atoms with van der Waals surface area (Å²) < 4.78 is 25.8. The van der Waals surface area contributed by atoms with E-state index in [1.54, 1.807) is 6.07 Å². The van der Waals surface area contributed by atoms with Crippen molar-refractivity contribution >= 4 is 11.6 Å². The second kappa shape index (κ2) is 3.62. The van der Waals surface area contributed by atoms with E-state index in [2.05, 4.69) is 0 Å². The van der Waals surface area contributed by atoms with Crippen LogP contribution in [0.15, 0.2) is 18.2 Å². The summed E-state index contributed by atoms with van der Waals surface area (Å²) in [5.74, 6) is -2.81. The molecular formula is C10H11ClF2. The van der Waals surface area contributed by atoms with Crippen molar-refractivity contribution in [1.29, 1.82) is 0 Å². The van der Waals surface area contributed by atoms with Gasteiger partial charge in [0, 0.05) is 17.5 Å². The minimum Gasteiger partial charge on any atom is -0.202 e. The maximum Gasteiger partial charge on any atom is 0.270 e. The molecule has 0 aliphatic rings. The second-order valence-electron chi connectivity index (χ2n) is 3.09. The van der Waals surface area contributed by atoms with Gasteiger partial charge in [0.15, 0.2) is 0 Å². The summed E-state index contributed by atoms with van der Waals surface area (Å²) >= 11 is 5.70. The van der Waals surface area contributed by atoms with E-state index in [0.717, 1.165) is 12.5 Å². The fourth-order valence-corrected chi connectivity index (χ4v) is 1.37. The average Bonchev–Trinajstić information content (AvgIpc) is 2.01. The summed E-state index contributed by atoms with van der Waals surface area (Å²) in [6, 6.07) is 4.50. The van der Waals surface area contributed by atoms with Crippen LogP contribution in [0, 0.1) is 0 Å². The first-order valence-corrected chi connectivity index (χ1v) is 4.49. The zero-order valence-electron chi connectivity index (χ0n) is 7.57. The first-order valence-electron chi connectivity index (χ1n) is 4.11. The molecule has 0 aromatic heterocycles. The number of aryl methyl sites for hydroxylation is 1. The Morgan fingerprint density at radius 3 is 2.38 bits per heavy atom.